The molecular formula is C9H12N2O3. The lowest BCUT2D eigenvalue weighted by atomic mass is 10.0. The summed E-state index contributed by atoms with van der Waals surface area (Å²) >= 11 is 0. The molecular weight excluding hydrogens is 184 g/mol. The normalized spacial score (nSPS) is 12.4. The minimum absolute atomic E-state index is 0.300. The van der Waals surface area contributed by atoms with Crippen molar-refractivity contribution in [2.45, 2.75) is 19.4 Å². The van der Waals surface area contributed by atoms with Crippen molar-refractivity contribution in [2.24, 2.45) is 5.73 Å². The molecule has 0 bridgehead atoms. The Labute approximate surface area is 81.3 Å². The first-order chi connectivity index (χ1) is 6.57. The number of phenolic OH excluding ortho intramolecular Hbond substituents is 1. The van der Waals surface area contributed by atoms with Crippen LogP contribution in [0.5, 0.6) is 5.75 Å². The van der Waals surface area contributed by atoms with Crippen LogP contribution in [0.15, 0.2) is 18.2 Å². The summed E-state index contributed by atoms with van der Waals surface area (Å²) < 4.78 is 0. The van der Waals surface area contributed by atoms with E-state index in [9.17, 15) is 15.2 Å². The van der Waals surface area contributed by atoms with E-state index in [-0.39, 0.29) is 17.5 Å². The van der Waals surface area contributed by atoms with Gasteiger partial charge in [-0.25, -0.2) is 0 Å². The largest absolute Gasteiger partial charge is 0.502 e. The molecule has 0 fully saturated rings. The number of para-hydroxylation sites is 1. The van der Waals surface area contributed by atoms with Crippen molar-refractivity contribution < 1.29 is 10.0 Å². The van der Waals surface area contributed by atoms with Gasteiger partial charge in [-0.3, -0.25) is 10.1 Å². The van der Waals surface area contributed by atoms with Crippen LogP contribution in [0.1, 0.15) is 24.9 Å². The highest BCUT2D eigenvalue weighted by molar-refractivity contribution is 5.51. The van der Waals surface area contributed by atoms with Crippen LogP contribution in [-0.2, 0) is 0 Å². The standard InChI is InChI=1S/C9H12N2O3/c1-2-7(10)6-4-3-5-8(9(6)12)11(13)14/h3-5,7,12H,2,10H2,1H3/t7-/m0/s1. The van der Waals surface area contributed by atoms with Crippen molar-refractivity contribution in [2.75, 3.05) is 0 Å². The number of hydrogen-bond donors (Lipinski definition) is 2. The number of nitrogens with two attached hydrogens (primary N) is 1. The monoisotopic (exact) mass is 196 g/mol. The second-order valence-corrected chi connectivity index (χ2v) is 2.99. The molecule has 0 aromatic heterocycles. The second-order valence-electron chi connectivity index (χ2n) is 2.99. The minimum atomic E-state index is -0.624. The van der Waals surface area contributed by atoms with Crippen LogP contribution >= 0.6 is 0 Å². The smallest absolute Gasteiger partial charge is 0.311 e. The predicted molar refractivity (Wildman–Crippen MR) is 52.0 cm³/mol. The molecule has 0 aliphatic rings. The fraction of sp³-hybridized carbons (Fsp3) is 0.333. The maximum Gasteiger partial charge on any atom is 0.311 e. The Bertz CT molecular complexity index is 352. The van der Waals surface area contributed by atoms with Crippen molar-refractivity contribution in [3.8, 4) is 5.75 Å². The van der Waals surface area contributed by atoms with Crippen LogP contribution in [0.3, 0.4) is 0 Å². The van der Waals surface area contributed by atoms with Crippen LogP contribution in [0.25, 0.3) is 0 Å². The van der Waals surface area contributed by atoms with Gasteiger partial charge < -0.3 is 10.8 Å². The lowest BCUT2D eigenvalue weighted by molar-refractivity contribution is -0.386. The predicted octanol–water partition coefficient (Wildman–Crippen LogP) is 1.71. The summed E-state index contributed by atoms with van der Waals surface area (Å²) in [4.78, 5) is 9.87. The van der Waals surface area contributed by atoms with Gasteiger partial charge in [-0.15, -0.1) is 0 Å². The topological polar surface area (TPSA) is 89.4 Å². The molecule has 0 saturated heterocycles. The first kappa shape index (κ1) is 10.5. The molecule has 0 saturated carbocycles. The molecule has 0 spiro atoms. The third-order valence-corrected chi connectivity index (χ3v) is 2.08. The van der Waals surface area contributed by atoms with Gasteiger partial charge in [0.1, 0.15) is 0 Å². The van der Waals surface area contributed by atoms with E-state index in [2.05, 4.69) is 0 Å². The van der Waals surface area contributed by atoms with Crippen molar-refractivity contribution in [3.05, 3.63) is 33.9 Å². The Hall–Kier alpha value is -1.62. The van der Waals surface area contributed by atoms with Crippen LogP contribution < -0.4 is 5.73 Å². The van der Waals surface area contributed by atoms with Gasteiger partial charge in [-0.1, -0.05) is 19.1 Å². The Kier molecular flexibility index (Phi) is 3.03. The van der Waals surface area contributed by atoms with Gasteiger partial charge in [0.25, 0.3) is 0 Å². The fourth-order valence-corrected chi connectivity index (χ4v) is 1.22. The summed E-state index contributed by atoms with van der Waals surface area (Å²) in [5, 5.41) is 20.0. The molecule has 0 aliphatic heterocycles. The molecule has 1 rings (SSSR count). The summed E-state index contributed by atoms with van der Waals surface area (Å²) in [6.07, 6.45) is 0.620. The lowest BCUT2D eigenvalue weighted by Gasteiger charge is -2.10. The van der Waals surface area contributed by atoms with E-state index in [1.807, 2.05) is 6.92 Å². The van der Waals surface area contributed by atoms with E-state index in [0.717, 1.165) is 0 Å². The fourth-order valence-electron chi connectivity index (χ4n) is 1.22. The van der Waals surface area contributed by atoms with E-state index in [4.69, 9.17) is 5.73 Å². The molecule has 1 atom stereocenters. The maximum absolute atomic E-state index is 10.5. The Morgan fingerprint density at radius 3 is 2.79 bits per heavy atom. The summed E-state index contributed by atoms with van der Waals surface area (Å²) in [7, 11) is 0. The Morgan fingerprint density at radius 2 is 2.29 bits per heavy atom. The first-order valence-electron chi connectivity index (χ1n) is 4.29. The molecule has 0 radical (unpaired) electrons. The van der Waals surface area contributed by atoms with Crippen LogP contribution in [0.4, 0.5) is 5.69 Å². The highest BCUT2D eigenvalue weighted by Gasteiger charge is 2.18. The van der Waals surface area contributed by atoms with Crippen LogP contribution in [0.2, 0.25) is 0 Å². The number of hydrogen-bond acceptors (Lipinski definition) is 4. The lowest BCUT2D eigenvalue weighted by Crippen LogP contribution is -2.09. The average molecular weight is 196 g/mol. The Morgan fingerprint density at radius 1 is 1.64 bits per heavy atom. The third kappa shape index (κ3) is 1.82. The average Bonchev–Trinajstić information content (AvgIpc) is 2.16. The number of nitrogens with zero attached hydrogens (tertiary/aromatic N) is 1. The van der Waals surface area contributed by atoms with E-state index in [0.29, 0.717) is 12.0 Å². The summed E-state index contributed by atoms with van der Waals surface area (Å²) in [5.74, 6) is -0.327. The number of nitro benzene ring substituents is 1. The van der Waals surface area contributed by atoms with E-state index >= 15 is 0 Å². The van der Waals surface area contributed by atoms with Crippen molar-refractivity contribution >= 4 is 5.69 Å². The molecule has 5 heteroatoms. The van der Waals surface area contributed by atoms with Gasteiger partial charge in [0.2, 0.25) is 0 Å². The van der Waals surface area contributed by atoms with Crippen molar-refractivity contribution in [3.63, 3.8) is 0 Å². The minimum Gasteiger partial charge on any atom is -0.502 e. The van der Waals surface area contributed by atoms with Gasteiger partial charge in [-0.2, -0.15) is 0 Å². The molecule has 76 valence electrons. The van der Waals surface area contributed by atoms with Gasteiger partial charge in [-0.05, 0) is 6.42 Å². The summed E-state index contributed by atoms with van der Waals surface area (Å²) in [6, 6.07) is 4.00. The zero-order chi connectivity index (χ0) is 10.7. The Balaban J connectivity index is 3.20. The highest BCUT2D eigenvalue weighted by atomic mass is 16.6. The van der Waals surface area contributed by atoms with Gasteiger partial charge in [0, 0.05) is 17.7 Å². The van der Waals surface area contributed by atoms with Gasteiger partial charge in [0.15, 0.2) is 5.75 Å². The van der Waals surface area contributed by atoms with Gasteiger partial charge in [0.05, 0.1) is 4.92 Å². The third-order valence-electron chi connectivity index (χ3n) is 2.08. The number of aromatic hydroxyl groups is 1. The zero-order valence-electron chi connectivity index (χ0n) is 7.80. The number of benzene rings is 1. The molecule has 0 amide bonds. The molecule has 1 aromatic rings. The first-order valence-corrected chi connectivity index (χ1v) is 4.29. The molecule has 0 heterocycles. The quantitative estimate of drug-likeness (QED) is 0.568. The molecule has 3 N–H and O–H groups in total. The van der Waals surface area contributed by atoms with Gasteiger partial charge >= 0.3 is 5.69 Å². The van der Waals surface area contributed by atoms with Crippen molar-refractivity contribution in [1.29, 1.82) is 0 Å². The van der Waals surface area contributed by atoms with E-state index < -0.39 is 4.92 Å². The van der Waals surface area contributed by atoms with Crippen LogP contribution in [0, 0.1) is 10.1 Å². The summed E-state index contributed by atoms with van der Waals surface area (Å²) in [5.41, 5.74) is 5.80. The molecule has 1 aromatic carbocycles. The summed E-state index contributed by atoms with van der Waals surface area (Å²) in [6.45, 7) is 1.85. The number of rotatable bonds is 3. The SMILES string of the molecule is CC[C@H](N)c1cccc([N+](=O)[O-])c1O. The zero-order valence-corrected chi connectivity index (χ0v) is 7.80. The molecule has 0 unspecified atom stereocenters. The molecule has 14 heavy (non-hydrogen) atoms. The van der Waals surface area contributed by atoms with Crippen LogP contribution in [-0.4, -0.2) is 10.0 Å². The van der Waals surface area contributed by atoms with Crippen molar-refractivity contribution in [1.82, 2.24) is 0 Å². The molecule has 5 nitrogen and oxygen atoms in total. The maximum atomic E-state index is 10.5. The molecule has 0 aliphatic carbocycles. The van der Waals surface area contributed by atoms with E-state index in [1.54, 1.807) is 6.07 Å². The highest BCUT2D eigenvalue weighted by Crippen LogP contribution is 2.33. The second kappa shape index (κ2) is 4.06. The van der Waals surface area contributed by atoms with E-state index in [1.165, 1.54) is 12.1 Å². The number of nitro groups is 1. The number of phenols is 1.